The van der Waals surface area contributed by atoms with Gasteiger partial charge in [0.05, 0.1) is 6.04 Å². The summed E-state index contributed by atoms with van der Waals surface area (Å²) in [6.45, 7) is 7.68. The summed E-state index contributed by atoms with van der Waals surface area (Å²) in [5, 5.41) is 9.96. The Morgan fingerprint density at radius 3 is 2.58 bits per heavy atom. The summed E-state index contributed by atoms with van der Waals surface area (Å²) in [5.74, 6) is 0.764. The molecule has 1 atom stereocenters. The molecule has 2 aliphatic rings. The van der Waals surface area contributed by atoms with Crippen LogP contribution in [0.1, 0.15) is 49.4 Å². The van der Waals surface area contributed by atoms with Crippen molar-refractivity contribution in [3.63, 3.8) is 0 Å². The minimum atomic E-state index is -0.197. The van der Waals surface area contributed by atoms with Crippen molar-refractivity contribution in [1.82, 2.24) is 9.80 Å². The molecular weight excluding hydrogens is 391 g/mol. The molecule has 0 radical (unpaired) electrons. The maximum Gasteiger partial charge on any atom is 0.226 e. The van der Waals surface area contributed by atoms with Crippen LogP contribution in [-0.4, -0.2) is 47.0 Å². The Morgan fingerprint density at radius 2 is 1.87 bits per heavy atom. The second kappa shape index (κ2) is 9.39. The van der Waals surface area contributed by atoms with Crippen molar-refractivity contribution in [2.24, 2.45) is 11.8 Å². The van der Waals surface area contributed by atoms with Gasteiger partial charge in [-0.2, -0.15) is 0 Å². The molecular formula is C26H33FN2O2. The number of fused-ring (bicyclic) bond motifs is 1. The first kappa shape index (κ1) is 21.8. The molecule has 2 heterocycles. The number of piperidine rings is 1. The topological polar surface area (TPSA) is 43.8 Å². The number of hydrogen-bond acceptors (Lipinski definition) is 3. The molecule has 0 spiro atoms. The smallest absolute Gasteiger partial charge is 0.226 e. The number of aromatic hydroxyl groups is 1. The fourth-order valence-corrected chi connectivity index (χ4v) is 5.23. The zero-order valence-corrected chi connectivity index (χ0v) is 18.6. The molecule has 2 aliphatic heterocycles. The summed E-state index contributed by atoms with van der Waals surface area (Å²) in [7, 11) is 0. The van der Waals surface area contributed by atoms with Crippen LogP contribution in [0.3, 0.4) is 0 Å². The normalized spacial score (nSPS) is 20.1. The number of para-hydroxylation sites is 1. The summed E-state index contributed by atoms with van der Waals surface area (Å²) in [5.41, 5.74) is 3.13. The van der Waals surface area contributed by atoms with Gasteiger partial charge in [0.1, 0.15) is 11.6 Å². The highest BCUT2D eigenvalue weighted by molar-refractivity contribution is 5.80. The number of phenolic OH excluding ortho intramolecular Hbond substituents is 1. The Hall–Kier alpha value is -2.40. The van der Waals surface area contributed by atoms with E-state index in [1.54, 1.807) is 12.1 Å². The summed E-state index contributed by atoms with van der Waals surface area (Å²) in [6, 6.07) is 12.5. The van der Waals surface area contributed by atoms with Gasteiger partial charge in [0.2, 0.25) is 5.91 Å². The van der Waals surface area contributed by atoms with E-state index in [9.17, 15) is 14.3 Å². The molecule has 2 aromatic rings. The highest BCUT2D eigenvalue weighted by Gasteiger charge is 2.37. The van der Waals surface area contributed by atoms with Crippen LogP contribution in [0.25, 0.3) is 0 Å². The van der Waals surface area contributed by atoms with Gasteiger partial charge in [0.15, 0.2) is 0 Å². The number of halogens is 1. The second-order valence-corrected chi connectivity index (χ2v) is 9.31. The quantitative estimate of drug-likeness (QED) is 0.765. The lowest BCUT2D eigenvalue weighted by Gasteiger charge is -2.42. The van der Waals surface area contributed by atoms with Crippen LogP contribution in [-0.2, 0) is 17.6 Å². The molecule has 31 heavy (non-hydrogen) atoms. The number of likely N-dealkylation sites (tertiary alicyclic amines) is 1. The molecule has 1 unspecified atom stereocenters. The number of nitrogens with zero attached hydrogens (tertiary/aromatic N) is 2. The van der Waals surface area contributed by atoms with Crippen LogP contribution in [0.2, 0.25) is 0 Å². The Kier molecular flexibility index (Phi) is 6.61. The van der Waals surface area contributed by atoms with Crippen molar-refractivity contribution in [1.29, 1.82) is 0 Å². The predicted molar refractivity (Wildman–Crippen MR) is 120 cm³/mol. The van der Waals surface area contributed by atoms with Crippen molar-refractivity contribution >= 4 is 5.91 Å². The van der Waals surface area contributed by atoms with E-state index in [1.165, 1.54) is 6.07 Å². The van der Waals surface area contributed by atoms with Gasteiger partial charge >= 0.3 is 0 Å². The van der Waals surface area contributed by atoms with Crippen molar-refractivity contribution in [2.75, 3.05) is 26.2 Å². The van der Waals surface area contributed by atoms with Gasteiger partial charge in [0.25, 0.3) is 0 Å². The highest BCUT2D eigenvalue weighted by Crippen LogP contribution is 2.37. The van der Waals surface area contributed by atoms with Crippen molar-refractivity contribution in [3.05, 3.63) is 65.0 Å². The van der Waals surface area contributed by atoms with E-state index < -0.39 is 0 Å². The van der Waals surface area contributed by atoms with E-state index >= 15 is 0 Å². The number of carbonyl (C=O) groups is 1. The number of carbonyl (C=O) groups excluding carboxylic acids is 1. The molecule has 1 N–H and O–H groups in total. The van der Waals surface area contributed by atoms with Gasteiger partial charge in [-0.3, -0.25) is 4.79 Å². The average molecular weight is 425 g/mol. The van der Waals surface area contributed by atoms with Gasteiger partial charge in [-0.1, -0.05) is 38.1 Å². The van der Waals surface area contributed by atoms with E-state index in [1.807, 2.05) is 24.3 Å². The molecule has 2 aromatic carbocycles. The molecule has 1 saturated heterocycles. The monoisotopic (exact) mass is 424 g/mol. The van der Waals surface area contributed by atoms with Crippen molar-refractivity contribution in [2.45, 2.75) is 45.6 Å². The minimum Gasteiger partial charge on any atom is -0.508 e. The first-order chi connectivity index (χ1) is 14.9. The molecule has 4 nitrogen and oxygen atoms in total. The molecule has 1 amide bonds. The minimum absolute atomic E-state index is 0.0240. The number of rotatable bonds is 5. The lowest BCUT2D eigenvalue weighted by molar-refractivity contribution is -0.141. The summed E-state index contributed by atoms with van der Waals surface area (Å²) in [6.07, 6.45) is 3.29. The third-order valence-electron chi connectivity index (χ3n) is 6.92. The van der Waals surface area contributed by atoms with Crippen LogP contribution >= 0.6 is 0 Å². The van der Waals surface area contributed by atoms with Crippen molar-refractivity contribution < 1.29 is 14.3 Å². The number of hydrogen-bond donors (Lipinski definition) is 1. The lowest BCUT2D eigenvalue weighted by Crippen LogP contribution is -2.47. The molecule has 4 rings (SSSR count). The Balaban J connectivity index is 1.37. The first-order valence-electron chi connectivity index (χ1n) is 11.5. The lowest BCUT2D eigenvalue weighted by atomic mass is 9.84. The highest BCUT2D eigenvalue weighted by atomic mass is 19.1. The summed E-state index contributed by atoms with van der Waals surface area (Å²) < 4.78 is 13.7. The van der Waals surface area contributed by atoms with Crippen LogP contribution in [0.15, 0.2) is 42.5 Å². The van der Waals surface area contributed by atoms with Gasteiger partial charge < -0.3 is 14.9 Å². The summed E-state index contributed by atoms with van der Waals surface area (Å²) in [4.78, 5) is 17.9. The third kappa shape index (κ3) is 4.77. The van der Waals surface area contributed by atoms with Crippen molar-refractivity contribution in [3.8, 4) is 5.75 Å². The summed E-state index contributed by atoms with van der Waals surface area (Å²) >= 11 is 0. The molecule has 0 aromatic heterocycles. The van der Waals surface area contributed by atoms with E-state index in [0.717, 1.165) is 62.0 Å². The maximum absolute atomic E-state index is 13.7. The Morgan fingerprint density at radius 1 is 1.13 bits per heavy atom. The van der Waals surface area contributed by atoms with Crippen LogP contribution in [0.4, 0.5) is 4.39 Å². The predicted octanol–water partition coefficient (Wildman–Crippen LogP) is 4.57. The van der Waals surface area contributed by atoms with Crippen LogP contribution in [0.5, 0.6) is 5.75 Å². The SMILES string of the molecule is CC(C)C1c2ccc(F)cc2CCN1C(=O)C1CCN(CCc2ccccc2O)CC1. The van der Waals surface area contributed by atoms with Gasteiger partial charge in [-0.15, -0.1) is 0 Å². The van der Waals surface area contributed by atoms with Gasteiger partial charge in [0, 0.05) is 19.0 Å². The molecule has 5 heteroatoms. The van der Waals surface area contributed by atoms with Crippen LogP contribution in [0, 0.1) is 17.7 Å². The molecule has 1 fully saturated rings. The van der Waals surface area contributed by atoms with E-state index in [0.29, 0.717) is 12.3 Å². The zero-order valence-electron chi connectivity index (χ0n) is 18.6. The van der Waals surface area contributed by atoms with E-state index in [4.69, 9.17) is 0 Å². The number of amides is 1. The molecule has 0 aliphatic carbocycles. The maximum atomic E-state index is 13.7. The first-order valence-corrected chi connectivity index (χ1v) is 11.5. The number of benzene rings is 2. The fourth-order valence-electron chi connectivity index (χ4n) is 5.23. The van der Waals surface area contributed by atoms with E-state index in [2.05, 4.69) is 23.6 Å². The van der Waals surface area contributed by atoms with Gasteiger partial charge in [-0.25, -0.2) is 4.39 Å². The molecule has 0 bridgehead atoms. The standard InChI is InChI=1S/C26H33FN2O2/c1-18(2)25-23-8-7-22(27)17-21(23)12-16-29(25)26(31)20-10-14-28(15-11-20)13-9-19-5-3-4-6-24(19)30/h3-8,17-18,20,25,30H,9-16H2,1-2H3. The molecule has 166 valence electrons. The second-order valence-electron chi connectivity index (χ2n) is 9.31. The third-order valence-corrected chi connectivity index (χ3v) is 6.92. The average Bonchev–Trinajstić information content (AvgIpc) is 2.77. The Labute approximate surface area is 184 Å². The molecule has 0 saturated carbocycles. The van der Waals surface area contributed by atoms with Gasteiger partial charge in [-0.05, 0) is 79.6 Å². The van der Waals surface area contributed by atoms with E-state index in [-0.39, 0.29) is 29.6 Å². The fraction of sp³-hybridized carbons (Fsp3) is 0.500. The van der Waals surface area contributed by atoms with Crippen LogP contribution < -0.4 is 0 Å². The zero-order chi connectivity index (χ0) is 22.0. The number of phenols is 1. The largest absolute Gasteiger partial charge is 0.508 e. The Bertz CT molecular complexity index is 921.